The van der Waals surface area contributed by atoms with Crippen molar-refractivity contribution in [3.63, 3.8) is 0 Å². The second-order valence-electron chi connectivity index (χ2n) is 9.07. The van der Waals surface area contributed by atoms with Gasteiger partial charge in [-0.05, 0) is 61.4 Å². The second kappa shape index (κ2) is 10.5. The summed E-state index contributed by atoms with van der Waals surface area (Å²) in [5, 5.41) is 3.90. The number of anilines is 1. The third kappa shape index (κ3) is 5.04. The maximum absolute atomic E-state index is 13.2. The minimum absolute atomic E-state index is 0.177. The number of halogens is 2. The van der Waals surface area contributed by atoms with Crippen LogP contribution in [0.5, 0.6) is 0 Å². The molecule has 5 rings (SSSR count). The SMILES string of the molecule is Cc1[nH]c(C=C2C(=O)Nc3ccc(S(=O)Cc4c(Cl)cccc4Cl)cc32)c(C)c1CN1CCOCC1. The minimum Gasteiger partial charge on any atom is -0.379 e. The van der Waals surface area contributed by atoms with E-state index in [-0.39, 0.29) is 11.7 Å². The summed E-state index contributed by atoms with van der Waals surface area (Å²) in [6.07, 6.45) is 1.89. The van der Waals surface area contributed by atoms with E-state index in [9.17, 15) is 9.00 Å². The summed E-state index contributed by atoms with van der Waals surface area (Å²) in [5.74, 6) is 0.0147. The zero-order valence-corrected chi connectivity index (χ0v) is 22.4. The number of benzene rings is 2. The number of hydrogen-bond donors (Lipinski definition) is 2. The highest BCUT2D eigenvalue weighted by Gasteiger charge is 2.26. The molecule has 1 atom stereocenters. The molecule has 36 heavy (non-hydrogen) atoms. The summed E-state index contributed by atoms with van der Waals surface area (Å²) in [4.78, 5) is 19.3. The summed E-state index contributed by atoms with van der Waals surface area (Å²) in [6, 6.07) is 10.6. The topological polar surface area (TPSA) is 74.4 Å². The molecule has 0 radical (unpaired) electrons. The fourth-order valence-electron chi connectivity index (χ4n) is 4.66. The number of morpholine rings is 1. The average molecular weight is 545 g/mol. The van der Waals surface area contributed by atoms with E-state index < -0.39 is 10.8 Å². The van der Waals surface area contributed by atoms with E-state index >= 15 is 0 Å². The zero-order chi connectivity index (χ0) is 25.4. The van der Waals surface area contributed by atoms with E-state index in [1.54, 1.807) is 30.3 Å². The number of ether oxygens (including phenoxy) is 1. The molecule has 0 bridgehead atoms. The van der Waals surface area contributed by atoms with Crippen molar-refractivity contribution >= 4 is 57.2 Å². The maximum atomic E-state index is 13.2. The molecule has 1 aromatic heterocycles. The van der Waals surface area contributed by atoms with E-state index in [0.717, 1.165) is 55.4 Å². The van der Waals surface area contributed by atoms with Crippen LogP contribution in [0.25, 0.3) is 11.6 Å². The van der Waals surface area contributed by atoms with Crippen molar-refractivity contribution in [1.29, 1.82) is 0 Å². The molecule has 0 spiro atoms. The van der Waals surface area contributed by atoms with Gasteiger partial charge in [-0.15, -0.1) is 0 Å². The molecule has 9 heteroatoms. The van der Waals surface area contributed by atoms with Crippen molar-refractivity contribution in [2.75, 3.05) is 31.6 Å². The average Bonchev–Trinajstić information content (AvgIpc) is 3.32. The first-order valence-electron chi connectivity index (χ1n) is 11.8. The van der Waals surface area contributed by atoms with Gasteiger partial charge >= 0.3 is 0 Å². The van der Waals surface area contributed by atoms with Crippen molar-refractivity contribution in [2.45, 2.75) is 31.0 Å². The van der Waals surface area contributed by atoms with Crippen molar-refractivity contribution in [1.82, 2.24) is 9.88 Å². The Bertz CT molecular complexity index is 1370. The molecule has 2 N–H and O–H groups in total. The number of fused-ring (bicyclic) bond motifs is 1. The summed E-state index contributed by atoms with van der Waals surface area (Å²) < 4.78 is 18.7. The Labute approximate surface area is 223 Å². The van der Waals surface area contributed by atoms with Crippen LogP contribution < -0.4 is 5.32 Å². The van der Waals surface area contributed by atoms with Gasteiger partial charge in [-0.1, -0.05) is 29.3 Å². The van der Waals surface area contributed by atoms with Gasteiger partial charge in [0.15, 0.2) is 0 Å². The number of carbonyl (C=O) groups is 1. The third-order valence-corrected chi connectivity index (χ3v) is 8.82. The molecule has 0 saturated carbocycles. The number of nitrogens with zero attached hydrogens (tertiary/aromatic N) is 1. The normalized spacial score (nSPS) is 17.9. The minimum atomic E-state index is -1.39. The lowest BCUT2D eigenvalue weighted by atomic mass is 10.0. The molecule has 1 amide bonds. The van der Waals surface area contributed by atoms with Gasteiger partial charge in [0.2, 0.25) is 0 Å². The number of H-pyrrole nitrogens is 1. The zero-order valence-electron chi connectivity index (χ0n) is 20.1. The number of amides is 1. The molecule has 0 aliphatic carbocycles. The first kappa shape index (κ1) is 25.2. The summed E-state index contributed by atoms with van der Waals surface area (Å²) >= 11 is 12.6. The van der Waals surface area contributed by atoms with Crippen LogP contribution in [0, 0.1) is 13.8 Å². The second-order valence-corrected chi connectivity index (χ2v) is 11.3. The maximum Gasteiger partial charge on any atom is 0.256 e. The standard InChI is InChI=1S/C27H27Cl2N3O3S/c1-16-21(14-32-8-10-35-11-9-32)17(2)30-26(16)13-20-19-12-18(6-7-25(19)31-27(20)33)36(34)15-22-23(28)4-3-5-24(22)29/h3-7,12-13,30H,8-11,14-15H2,1-2H3,(H,31,33). The molecule has 1 saturated heterocycles. The van der Waals surface area contributed by atoms with E-state index in [2.05, 4.69) is 29.0 Å². The van der Waals surface area contributed by atoms with Crippen LogP contribution in [-0.2, 0) is 32.6 Å². The highest BCUT2D eigenvalue weighted by atomic mass is 35.5. The largest absolute Gasteiger partial charge is 0.379 e. The fourth-order valence-corrected chi connectivity index (χ4v) is 6.56. The van der Waals surface area contributed by atoms with Crippen molar-refractivity contribution in [3.05, 3.63) is 80.1 Å². The highest BCUT2D eigenvalue weighted by Crippen LogP contribution is 2.36. The van der Waals surface area contributed by atoms with Crippen molar-refractivity contribution in [2.24, 2.45) is 0 Å². The number of carbonyl (C=O) groups excluding carboxylic acids is 1. The van der Waals surface area contributed by atoms with E-state index in [4.69, 9.17) is 27.9 Å². The Morgan fingerprint density at radius 3 is 2.53 bits per heavy atom. The quantitative estimate of drug-likeness (QED) is 0.398. The fraction of sp³-hybridized carbons (Fsp3) is 0.296. The molecule has 1 fully saturated rings. The lowest BCUT2D eigenvalue weighted by molar-refractivity contribution is -0.110. The molecule has 2 aliphatic heterocycles. The first-order chi connectivity index (χ1) is 17.3. The van der Waals surface area contributed by atoms with Crippen LogP contribution in [0.4, 0.5) is 5.69 Å². The number of hydrogen-bond acceptors (Lipinski definition) is 4. The van der Waals surface area contributed by atoms with Crippen LogP contribution in [-0.4, -0.2) is 46.3 Å². The summed E-state index contributed by atoms with van der Waals surface area (Å²) in [6.45, 7) is 8.32. The number of aromatic amines is 1. The third-order valence-electron chi connectivity index (χ3n) is 6.78. The van der Waals surface area contributed by atoms with Crippen molar-refractivity contribution < 1.29 is 13.7 Å². The Morgan fingerprint density at radius 1 is 1.08 bits per heavy atom. The van der Waals surface area contributed by atoms with Crippen LogP contribution in [0.3, 0.4) is 0 Å². The van der Waals surface area contributed by atoms with Gasteiger partial charge in [-0.3, -0.25) is 13.9 Å². The van der Waals surface area contributed by atoms with Crippen LogP contribution >= 0.6 is 23.2 Å². The smallest absolute Gasteiger partial charge is 0.256 e. The summed E-state index contributed by atoms with van der Waals surface area (Å²) in [7, 11) is -1.39. The molecule has 2 aliphatic rings. The molecule has 6 nitrogen and oxygen atoms in total. The van der Waals surface area contributed by atoms with Gasteiger partial charge in [-0.25, -0.2) is 0 Å². The summed E-state index contributed by atoms with van der Waals surface area (Å²) in [5.41, 5.74) is 7.00. The molecule has 2 aromatic carbocycles. The first-order valence-corrected chi connectivity index (χ1v) is 13.9. The number of aryl methyl sites for hydroxylation is 1. The molecule has 3 heterocycles. The lowest BCUT2D eigenvalue weighted by Crippen LogP contribution is -2.35. The van der Waals surface area contributed by atoms with Crippen LogP contribution in [0.2, 0.25) is 10.0 Å². The number of aromatic nitrogens is 1. The molecular weight excluding hydrogens is 517 g/mol. The van der Waals surface area contributed by atoms with Crippen LogP contribution in [0.1, 0.15) is 33.6 Å². The van der Waals surface area contributed by atoms with E-state index in [0.29, 0.717) is 31.8 Å². The van der Waals surface area contributed by atoms with Gasteiger partial charge in [0, 0.05) is 62.8 Å². The van der Waals surface area contributed by atoms with E-state index in [1.165, 1.54) is 5.56 Å². The van der Waals surface area contributed by atoms with E-state index in [1.807, 2.05) is 12.1 Å². The molecular formula is C27H27Cl2N3O3S. The van der Waals surface area contributed by atoms with Crippen molar-refractivity contribution in [3.8, 4) is 0 Å². The Kier molecular flexibility index (Phi) is 7.37. The monoisotopic (exact) mass is 543 g/mol. The van der Waals surface area contributed by atoms with Crippen LogP contribution in [0.15, 0.2) is 41.3 Å². The molecule has 188 valence electrons. The molecule has 1 unspecified atom stereocenters. The molecule has 3 aromatic rings. The van der Waals surface area contributed by atoms with Gasteiger partial charge in [0.25, 0.3) is 5.91 Å². The lowest BCUT2D eigenvalue weighted by Gasteiger charge is -2.26. The van der Waals surface area contributed by atoms with Gasteiger partial charge in [0.1, 0.15) is 0 Å². The predicted octanol–water partition coefficient (Wildman–Crippen LogP) is 5.57. The number of rotatable bonds is 6. The Morgan fingerprint density at radius 2 is 1.81 bits per heavy atom. The number of nitrogens with one attached hydrogen (secondary N) is 2. The van der Waals surface area contributed by atoms with Gasteiger partial charge in [-0.2, -0.15) is 0 Å². The van der Waals surface area contributed by atoms with Gasteiger partial charge in [0.05, 0.1) is 35.3 Å². The predicted molar refractivity (Wildman–Crippen MR) is 146 cm³/mol. The van der Waals surface area contributed by atoms with Gasteiger partial charge < -0.3 is 15.0 Å². The Balaban J connectivity index is 1.44. The Hall–Kier alpha value is -2.42. The highest BCUT2D eigenvalue weighted by molar-refractivity contribution is 7.84.